The van der Waals surface area contributed by atoms with Gasteiger partial charge in [0.1, 0.15) is 0 Å². The molecule has 1 aliphatic rings. The maximum Gasteiger partial charge on any atom is 0.0628 e. The third-order valence-electron chi connectivity index (χ3n) is 2.86. The third kappa shape index (κ3) is 3.85. The number of rotatable bonds is 5. The molecule has 0 radical (unpaired) electrons. The van der Waals surface area contributed by atoms with Crippen LogP contribution in [0.3, 0.4) is 0 Å². The fraction of sp³-hybridized carbons (Fsp3) is 0.538. The Bertz CT molecular complexity index is 331. The van der Waals surface area contributed by atoms with Gasteiger partial charge >= 0.3 is 0 Å². The molecule has 1 nitrogen and oxygen atoms in total. The first-order valence-electron chi connectivity index (χ1n) is 5.78. The average Bonchev–Trinajstić information content (AvgIpc) is 2.86. The molecule has 0 amide bonds. The van der Waals surface area contributed by atoms with Crippen molar-refractivity contribution in [3.05, 3.63) is 35.9 Å². The van der Waals surface area contributed by atoms with Gasteiger partial charge < -0.3 is 5.11 Å². The molecule has 0 aromatic heterocycles. The van der Waals surface area contributed by atoms with E-state index < -0.39 is 0 Å². The zero-order valence-corrected chi connectivity index (χ0v) is 12.4. The molecule has 0 aliphatic carbocycles. The quantitative estimate of drug-likeness (QED) is 0.897. The first kappa shape index (κ1) is 13.7. The van der Waals surface area contributed by atoms with E-state index in [2.05, 4.69) is 36.6 Å². The summed E-state index contributed by atoms with van der Waals surface area (Å²) in [5, 5.41) is 10.3. The minimum Gasteiger partial charge on any atom is -0.395 e. The maximum atomic E-state index is 9.19. The minimum absolute atomic E-state index is 0.320. The topological polar surface area (TPSA) is 20.2 Å². The normalized spacial score (nSPS) is 26.0. The largest absolute Gasteiger partial charge is 0.395 e. The molecular weight excluding hydrogens is 268 g/mol. The summed E-state index contributed by atoms with van der Waals surface area (Å²) in [6.45, 7) is 0.320. The monoisotopic (exact) mass is 286 g/mol. The van der Waals surface area contributed by atoms with Gasteiger partial charge in [0.2, 0.25) is 0 Å². The first-order valence-corrected chi connectivity index (χ1v) is 9.06. The molecule has 4 heteroatoms. The van der Waals surface area contributed by atoms with Crippen molar-refractivity contribution in [2.24, 2.45) is 0 Å². The SMILES string of the molecule is CSC(Cc1ccccc1)C1SCC(CO)S1. The highest BCUT2D eigenvalue weighted by Gasteiger charge is 2.31. The Morgan fingerprint density at radius 2 is 2.18 bits per heavy atom. The summed E-state index contributed by atoms with van der Waals surface area (Å²) in [5.74, 6) is 1.09. The van der Waals surface area contributed by atoms with Gasteiger partial charge in [0, 0.05) is 16.3 Å². The standard InChI is InChI=1S/C13H18OS3/c1-15-12(7-10-5-3-2-4-6-10)13-16-9-11(8-14)17-13/h2-6,11-14H,7-9H2,1H3. The lowest BCUT2D eigenvalue weighted by molar-refractivity contribution is 0.301. The lowest BCUT2D eigenvalue weighted by atomic mass is 10.1. The van der Waals surface area contributed by atoms with Crippen LogP contribution in [0.4, 0.5) is 0 Å². The van der Waals surface area contributed by atoms with Crippen LogP contribution in [0.25, 0.3) is 0 Å². The lowest BCUT2D eigenvalue weighted by Gasteiger charge is -2.20. The molecule has 1 aliphatic heterocycles. The van der Waals surface area contributed by atoms with Crippen LogP contribution in [0.1, 0.15) is 5.56 Å². The molecule has 0 saturated carbocycles. The van der Waals surface area contributed by atoms with E-state index >= 15 is 0 Å². The smallest absolute Gasteiger partial charge is 0.0628 e. The summed E-state index contributed by atoms with van der Waals surface area (Å²) >= 11 is 5.92. The van der Waals surface area contributed by atoms with Gasteiger partial charge in [-0.3, -0.25) is 0 Å². The second-order valence-electron chi connectivity index (χ2n) is 4.11. The Morgan fingerprint density at radius 3 is 2.76 bits per heavy atom. The summed E-state index contributed by atoms with van der Waals surface area (Å²) in [6.07, 6.45) is 3.33. The summed E-state index contributed by atoms with van der Waals surface area (Å²) in [6, 6.07) is 10.7. The molecule has 0 spiro atoms. The molecule has 1 saturated heterocycles. The minimum atomic E-state index is 0.320. The first-order chi connectivity index (χ1) is 8.33. The molecule has 2 rings (SSSR count). The van der Waals surface area contributed by atoms with Gasteiger partial charge in [0.15, 0.2) is 0 Å². The molecule has 0 bridgehead atoms. The summed E-state index contributed by atoms with van der Waals surface area (Å²) in [4.78, 5) is 0. The van der Waals surface area contributed by atoms with E-state index in [0.717, 1.165) is 12.2 Å². The Kier molecular flexibility index (Phi) is 5.60. The molecule has 1 aromatic rings. The van der Waals surface area contributed by atoms with Gasteiger partial charge in [-0.15, -0.1) is 23.5 Å². The van der Waals surface area contributed by atoms with E-state index in [-0.39, 0.29) is 0 Å². The highest BCUT2D eigenvalue weighted by molar-refractivity contribution is 8.21. The molecular formula is C13H18OS3. The highest BCUT2D eigenvalue weighted by atomic mass is 32.2. The molecule has 1 fully saturated rings. The van der Waals surface area contributed by atoms with Crippen LogP contribution < -0.4 is 0 Å². The summed E-state index contributed by atoms with van der Waals surface area (Å²) in [7, 11) is 0. The maximum absolute atomic E-state index is 9.19. The predicted octanol–water partition coefficient (Wildman–Crippen LogP) is 3.13. The van der Waals surface area contributed by atoms with E-state index in [0.29, 0.717) is 21.7 Å². The average molecular weight is 286 g/mol. The van der Waals surface area contributed by atoms with E-state index in [1.807, 2.05) is 35.3 Å². The van der Waals surface area contributed by atoms with Crippen LogP contribution in [-0.4, -0.2) is 38.8 Å². The number of benzene rings is 1. The predicted molar refractivity (Wildman–Crippen MR) is 82.2 cm³/mol. The van der Waals surface area contributed by atoms with Crippen molar-refractivity contribution in [1.82, 2.24) is 0 Å². The molecule has 1 heterocycles. The Hall–Kier alpha value is 0.230. The molecule has 1 aromatic carbocycles. The van der Waals surface area contributed by atoms with E-state index in [1.165, 1.54) is 5.56 Å². The highest BCUT2D eigenvalue weighted by Crippen LogP contribution is 2.43. The lowest BCUT2D eigenvalue weighted by Crippen LogP contribution is -2.18. The van der Waals surface area contributed by atoms with Crippen molar-refractivity contribution in [3.63, 3.8) is 0 Å². The van der Waals surface area contributed by atoms with Crippen molar-refractivity contribution in [1.29, 1.82) is 0 Å². The number of hydrogen-bond acceptors (Lipinski definition) is 4. The Morgan fingerprint density at radius 1 is 1.41 bits per heavy atom. The number of aliphatic hydroxyl groups is 1. The van der Waals surface area contributed by atoms with Gasteiger partial charge in [-0.25, -0.2) is 0 Å². The van der Waals surface area contributed by atoms with Gasteiger partial charge in [0.05, 0.1) is 11.2 Å². The Balaban J connectivity index is 1.93. The number of thioether (sulfide) groups is 3. The molecule has 3 atom stereocenters. The van der Waals surface area contributed by atoms with E-state index in [9.17, 15) is 5.11 Å². The van der Waals surface area contributed by atoms with Crippen molar-refractivity contribution in [2.45, 2.75) is 21.5 Å². The van der Waals surface area contributed by atoms with Crippen LogP contribution in [-0.2, 0) is 6.42 Å². The molecule has 17 heavy (non-hydrogen) atoms. The number of aliphatic hydroxyl groups excluding tert-OH is 1. The number of hydrogen-bond donors (Lipinski definition) is 1. The van der Waals surface area contributed by atoms with Crippen molar-refractivity contribution >= 4 is 35.3 Å². The van der Waals surface area contributed by atoms with Gasteiger partial charge in [0.25, 0.3) is 0 Å². The second-order valence-corrected chi connectivity index (χ2v) is 8.10. The van der Waals surface area contributed by atoms with Crippen molar-refractivity contribution in [2.75, 3.05) is 18.6 Å². The summed E-state index contributed by atoms with van der Waals surface area (Å²) in [5.41, 5.74) is 1.42. The van der Waals surface area contributed by atoms with Crippen LogP contribution in [0.2, 0.25) is 0 Å². The van der Waals surface area contributed by atoms with Gasteiger partial charge in [-0.1, -0.05) is 30.3 Å². The molecule has 1 N–H and O–H groups in total. The zero-order chi connectivity index (χ0) is 12.1. The van der Waals surface area contributed by atoms with Crippen LogP contribution in [0, 0.1) is 0 Å². The van der Waals surface area contributed by atoms with Crippen molar-refractivity contribution in [3.8, 4) is 0 Å². The molecule has 94 valence electrons. The van der Waals surface area contributed by atoms with E-state index in [4.69, 9.17) is 0 Å². The summed E-state index contributed by atoms with van der Waals surface area (Å²) < 4.78 is 0.627. The van der Waals surface area contributed by atoms with Gasteiger partial charge in [-0.05, 0) is 18.2 Å². The second kappa shape index (κ2) is 6.98. The fourth-order valence-corrected chi connectivity index (χ4v) is 6.70. The van der Waals surface area contributed by atoms with E-state index in [1.54, 1.807) is 0 Å². The molecule has 3 unspecified atom stereocenters. The zero-order valence-electron chi connectivity index (χ0n) is 9.91. The van der Waals surface area contributed by atoms with Crippen LogP contribution in [0.5, 0.6) is 0 Å². The van der Waals surface area contributed by atoms with Crippen molar-refractivity contribution < 1.29 is 5.11 Å². The third-order valence-corrected chi connectivity index (χ3v) is 7.75. The van der Waals surface area contributed by atoms with Crippen LogP contribution in [0.15, 0.2) is 30.3 Å². The Labute approximate surface area is 116 Å². The van der Waals surface area contributed by atoms with Gasteiger partial charge in [-0.2, -0.15) is 11.8 Å². The van der Waals surface area contributed by atoms with Crippen LogP contribution >= 0.6 is 35.3 Å². The fourth-order valence-electron chi connectivity index (χ4n) is 1.90.